The van der Waals surface area contributed by atoms with Crippen LogP contribution >= 0.6 is 0 Å². The molecule has 0 saturated carbocycles. The summed E-state index contributed by atoms with van der Waals surface area (Å²) in [5.74, 6) is -0.859. The normalized spacial score (nSPS) is 16.2. The van der Waals surface area contributed by atoms with Crippen molar-refractivity contribution in [1.82, 2.24) is 10.3 Å². The molecule has 4 rings (SSSR count). The van der Waals surface area contributed by atoms with E-state index in [1.807, 2.05) is 0 Å². The Labute approximate surface area is 185 Å². The Morgan fingerprint density at radius 3 is 2.78 bits per heavy atom. The number of nitrogens with zero attached hydrogens (tertiary/aromatic N) is 1. The topological polar surface area (TPSA) is 97.4 Å². The molecule has 1 aliphatic heterocycles. The van der Waals surface area contributed by atoms with Crippen molar-refractivity contribution in [2.24, 2.45) is 0 Å². The number of ketones is 1. The minimum absolute atomic E-state index is 0.0232. The molecule has 0 fully saturated rings. The third-order valence-corrected chi connectivity index (χ3v) is 5.87. The third-order valence-electron chi connectivity index (χ3n) is 4.76. The summed E-state index contributed by atoms with van der Waals surface area (Å²) >= 11 is 0. The molecule has 0 spiro atoms. The minimum atomic E-state index is -1.80. The van der Waals surface area contributed by atoms with Gasteiger partial charge in [-0.15, -0.1) is 0 Å². The van der Waals surface area contributed by atoms with Gasteiger partial charge in [0.15, 0.2) is 11.0 Å². The van der Waals surface area contributed by atoms with Crippen LogP contribution in [0.1, 0.15) is 31.8 Å². The van der Waals surface area contributed by atoms with E-state index in [4.69, 9.17) is 4.74 Å². The molecule has 2 heterocycles. The molecule has 162 valence electrons. The van der Waals surface area contributed by atoms with Crippen molar-refractivity contribution in [2.75, 3.05) is 11.8 Å². The number of halogens is 1. The lowest BCUT2D eigenvalue weighted by Crippen LogP contribution is -2.25. The number of carbonyl (C=O) groups excluding carboxylic acids is 2. The zero-order valence-corrected chi connectivity index (χ0v) is 17.7. The van der Waals surface area contributed by atoms with Gasteiger partial charge in [-0.2, -0.15) is 0 Å². The summed E-state index contributed by atoms with van der Waals surface area (Å²) in [6.45, 7) is 0.244. The van der Waals surface area contributed by atoms with Crippen molar-refractivity contribution >= 4 is 34.4 Å². The van der Waals surface area contributed by atoms with Crippen LogP contribution in [0.3, 0.4) is 0 Å². The van der Waals surface area contributed by atoms with Gasteiger partial charge in [-0.3, -0.25) is 9.59 Å². The molecule has 1 aromatic heterocycles. The van der Waals surface area contributed by atoms with Crippen molar-refractivity contribution in [1.29, 1.82) is 0 Å². The molecule has 7 nitrogen and oxygen atoms in total. The fraction of sp³-hybridized carbons (Fsp3) is 0.0870. The van der Waals surface area contributed by atoms with Gasteiger partial charge in [-0.1, -0.05) is 18.2 Å². The lowest BCUT2D eigenvalue weighted by Gasteiger charge is -2.19. The number of fused-ring (bicyclic) bond motifs is 1. The molecule has 1 atom stereocenters. The lowest BCUT2D eigenvalue weighted by atomic mass is 10.0. The number of rotatable bonds is 5. The zero-order valence-electron chi connectivity index (χ0n) is 16.9. The van der Waals surface area contributed by atoms with E-state index in [0.29, 0.717) is 17.1 Å². The van der Waals surface area contributed by atoms with Crippen LogP contribution in [0, 0.1) is 5.82 Å². The summed E-state index contributed by atoms with van der Waals surface area (Å²) in [6.07, 6.45) is 2.97. The molecule has 0 radical (unpaired) electrons. The highest BCUT2D eigenvalue weighted by atomic mass is 32.2. The predicted octanol–water partition coefficient (Wildman–Crippen LogP) is 3.47. The van der Waals surface area contributed by atoms with E-state index in [9.17, 15) is 18.2 Å². The molecule has 0 bridgehead atoms. The van der Waals surface area contributed by atoms with Gasteiger partial charge < -0.3 is 14.8 Å². The number of hydrogen-bond donors (Lipinski definition) is 2. The fourth-order valence-corrected chi connectivity index (χ4v) is 4.13. The Kier molecular flexibility index (Phi) is 6.09. The first-order valence-corrected chi connectivity index (χ1v) is 10.7. The van der Waals surface area contributed by atoms with E-state index in [0.717, 1.165) is 5.56 Å². The Hall–Kier alpha value is -3.85. The maximum atomic E-state index is 13.5. The lowest BCUT2D eigenvalue weighted by molar-refractivity contribution is 0.0951. The van der Waals surface area contributed by atoms with Gasteiger partial charge in [0.25, 0.3) is 5.91 Å². The second-order valence-electron chi connectivity index (χ2n) is 6.92. The quantitative estimate of drug-likeness (QED) is 0.579. The zero-order chi connectivity index (χ0) is 22.7. The molecular formula is C23H18FN3O4S. The van der Waals surface area contributed by atoms with Crippen LogP contribution in [0.5, 0.6) is 5.88 Å². The fourth-order valence-electron chi connectivity index (χ4n) is 3.12. The number of benzene rings is 2. The summed E-state index contributed by atoms with van der Waals surface area (Å²) in [6, 6.07) is 13.6. The third kappa shape index (κ3) is 4.57. The number of carbonyl (C=O) groups is 2. The molecule has 32 heavy (non-hydrogen) atoms. The molecule has 1 aliphatic rings. The molecule has 1 unspecified atom stereocenters. The van der Waals surface area contributed by atoms with Crippen LogP contribution in [0.15, 0.2) is 65.7 Å². The van der Waals surface area contributed by atoms with Crippen LogP contribution < -0.4 is 14.8 Å². The van der Waals surface area contributed by atoms with Crippen molar-refractivity contribution in [3.63, 3.8) is 0 Å². The van der Waals surface area contributed by atoms with E-state index >= 15 is 0 Å². The monoisotopic (exact) mass is 451 g/mol. The van der Waals surface area contributed by atoms with Crippen LogP contribution in [-0.2, 0) is 17.5 Å². The molecule has 1 amide bonds. The number of nitrogens with one attached hydrogen (secondary N) is 2. The molecule has 2 aromatic carbocycles. The number of hydrogen-bond acceptors (Lipinski definition) is 5. The number of anilines is 1. The van der Waals surface area contributed by atoms with Gasteiger partial charge in [-0.05, 0) is 47.5 Å². The molecule has 3 aromatic rings. The number of methoxy groups -OCH3 is 1. The molecule has 2 N–H and O–H groups in total. The van der Waals surface area contributed by atoms with Crippen LogP contribution in [0.2, 0.25) is 0 Å². The SMILES string of the molecule is COc1ccc(CNC(=O)c2ccc3c(c2)C(=O)/C(=C/c2cccc(F)c2)S(=O)N3)cn1. The van der Waals surface area contributed by atoms with Gasteiger partial charge in [0, 0.05) is 29.9 Å². The van der Waals surface area contributed by atoms with E-state index in [1.165, 1.54) is 43.5 Å². The number of Topliss-reactive ketones (excluding diaryl/α,β-unsaturated/α-hetero) is 1. The van der Waals surface area contributed by atoms with E-state index in [1.54, 1.807) is 30.5 Å². The van der Waals surface area contributed by atoms with Crippen molar-refractivity contribution in [2.45, 2.75) is 6.54 Å². The molecule has 9 heteroatoms. The Bertz CT molecular complexity index is 1260. The minimum Gasteiger partial charge on any atom is -0.481 e. The summed E-state index contributed by atoms with van der Waals surface area (Å²) in [7, 11) is -0.286. The Balaban J connectivity index is 1.54. The van der Waals surface area contributed by atoms with Gasteiger partial charge in [0.2, 0.25) is 11.7 Å². The summed E-state index contributed by atoms with van der Waals surface area (Å²) < 4.78 is 33.7. The van der Waals surface area contributed by atoms with Crippen LogP contribution in [-0.4, -0.2) is 28.0 Å². The highest BCUT2D eigenvalue weighted by molar-refractivity contribution is 7.91. The predicted molar refractivity (Wildman–Crippen MR) is 119 cm³/mol. The van der Waals surface area contributed by atoms with Gasteiger partial charge in [-0.25, -0.2) is 13.6 Å². The highest BCUT2D eigenvalue weighted by Gasteiger charge is 2.28. The molecule has 0 saturated heterocycles. The average Bonchev–Trinajstić information content (AvgIpc) is 2.80. The van der Waals surface area contributed by atoms with E-state index in [-0.39, 0.29) is 28.5 Å². The summed E-state index contributed by atoms with van der Waals surface area (Å²) in [4.78, 5) is 29.7. The standard InChI is InChI=1S/C23H18FN3O4S/c1-31-21-8-5-15(12-25-21)13-26-23(29)16-6-7-19-18(11-16)22(28)20(32(30)27-19)10-14-3-2-4-17(24)9-14/h2-12,27H,13H2,1H3,(H,26,29)/b20-10-. The van der Waals surface area contributed by atoms with Crippen molar-refractivity contribution in [3.8, 4) is 5.88 Å². The van der Waals surface area contributed by atoms with Crippen molar-refractivity contribution < 1.29 is 22.9 Å². The molecule has 0 aliphatic carbocycles. The number of allylic oxidation sites excluding steroid dienone is 1. The number of aromatic nitrogens is 1. The van der Waals surface area contributed by atoms with Crippen LogP contribution in [0.4, 0.5) is 10.1 Å². The number of amides is 1. The first-order valence-electron chi connectivity index (χ1n) is 9.56. The second kappa shape index (κ2) is 9.11. The smallest absolute Gasteiger partial charge is 0.251 e. The number of pyridine rings is 1. The average molecular weight is 451 g/mol. The van der Waals surface area contributed by atoms with E-state index in [2.05, 4.69) is 15.0 Å². The highest BCUT2D eigenvalue weighted by Crippen LogP contribution is 2.29. The largest absolute Gasteiger partial charge is 0.481 e. The van der Waals surface area contributed by atoms with Gasteiger partial charge >= 0.3 is 0 Å². The summed E-state index contributed by atoms with van der Waals surface area (Å²) in [5.41, 5.74) is 2.05. The number of ether oxygens (including phenoxy) is 1. The molecular weight excluding hydrogens is 433 g/mol. The van der Waals surface area contributed by atoms with Crippen LogP contribution in [0.25, 0.3) is 6.08 Å². The Morgan fingerprint density at radius 1 is 1.22 bits per heavy atom. The summed E-state index contributed by atoms with van der Waals surface area (Å²) in [5, 5.41) is 2.77. The second-order valence-corrected chi connectivity index (χ2v) is 8.10. The maximum absolute atomic E-state index is 13.5. The Morgan fingerprint density at radius 2 is 2.06 bits per heavy atom. The maximum Gasteiger partial charge on any atom is 0.251 e. The first kappa shape index (κ1) is 21.4. The first-order chi connectivity index (χ1) is 15.4. The van der Waals surface area contributed by atoms with E-state index < -0.39 is 22.6 Å². The van der Waals surface area contributed by atoms with Gasteiger partial charge in [0.05, 0.1) is 12.8 Å². The van der Waals surface area contributed by atoms with Crippen molar-refractivity contribution in [3.05, 3.63) is 93.8 Å². The van der Waals surface area contributed by atoms with Gasteiger partial charge in [0.1, 0.15) is 10.7 Å².